The molecule has 0 fully saturated rings. The third-order valence-corrected chi connectivity index (χ3v) is 9.55. The predicted molar refractivity (Wildman–Crippen MR) is 176 cm³/mol. The lowest BCUT2D eigenvalue weighted by atomic mass is 9.33. The van der Waals surface area contributed by atoms with Gasteiger partial charge < -0.3 is 19.3 Å². The zero-order chi connectivity index (χ0) is 27.8. The van der Waals surface area contributed by atoms with Crippen LogP contribution in [0.15, 0.2) is 127 Å². The average molecular weight is 548 g/mol. The van der Waals surface area contributed by atoms with Crippen LogP contribution < -0.4 is 35.7 Å². The van der Waals surface area contributed by atoms with E-state index in [0.29, 0.717) is 0 Å². The van der Waals surface area contributed by atoms with Crippen LogP contribution in [0.5, 0.6) is 23.0 Å². The second kappa shape index (κ2) is 7.58. The van der Waals surface area contributed by atoms with Crippen LogP contribution in [0.1, 0.15) is 0 Å². The molecule has 7 aromatic rings. The lowest BCUT2D eigenvalue weighted by molar-refractivity contribution is 0.482. The molecule has 0 N–H and O–H groups in total. The SMILES string of the molecule is c1ccc2c(c1)Oc1c3c(cc4ccccc14)B1c4cc5ccccc5c5c4N(c4ccccc4O5)c4cccc(c41)N23. The van der Waals surface area contributed by atoms with Crippen molar-refractivity contribution in [2.45, 2.75) is 0 Å². The number of hydrogen-bond acceptors (Lipinski definition) is 4. The Morgan fingerprint density at radius 2 is 0.884 bits per heavy atom. The normalized spacial score (nSPS) is 14.3. The molecule has 4 aliphatic heterocycles. The highest BCUT2D eigenvalue weighted by Gasteiger charge is 2.48. The number of rotatable bonds is 0. The van der Waals surface area contributed by atoms with E-state index in [4.69, 9.17) is 9.47 Å². The van der Waals surface area contributed by atoms with Crippen LogP contribution >= 0.6 is 0 Å². The van der Waals surface area contributed by atoms with Gasteiger partial charge in [-0.15, -0.1) is 0 Å². The zero-order valence-electron chi connectivity index (χ0n) is 22.9. The van der Waals surface area contributed by atoms with E-state index in [1.54, 1.807) is 0 Å². The van der Waals surface area contributed by atoms with Crippen molar-refractivity contribution in [2.75, 3.05) is 9.80 Å². The summed E-state index contributed by atoms with van der Waals surface area (Å²) in [6, 6.07) is 45.5. The third-order valence-electron chi connectivity index (χ3n) is 9.55. The molecule has 0 saturated carbocycles. The van der Waals surface area contributed by atoms with Gasteiger partial charge in [0.15, 0.2) is 23.0 Å². The van der Waals surface area contributed by atoms with E-state index in [1.807, 2.05) is 0 Å². The summed E-state index contributed by atoms with van der Waals surface area (Å²) in [5.74, 6) is 3.58. The first-order valence-electron chi connectivity index (χ1n) is 14.7. The second-order valence-corrected chi connectivity index (χ2v) is 11.7. The number of anilines is 6. The summed E-state index contributed by atoms with van der Waals surface area (Å²) < 4.78 is 13.6. The van der Waals surface area contributed by atoms with Crippen LogP contribution in [-0.2, 0) is 0 Å². The Bertz CT molecular complexity index is 2240. The van der Waals surface area contributed by atoms with Crippen molar-refractivity contribution in [1.29, 1.82) is 0 Å². The number of ether oxygens (including phenoxy) is 2. The molecule has 5 heteroatoms. The van der Waals surface area contributed by atoms with Gasteiger partial charge in [-0.2, -0.15) is 0 Å². The van der Waals surface area contributed by atoms with Gasteiger partial charge in [0, 0.05) is 22.1 Å². The molecule has 0 unspecified atom stereocenters. The second-order valence-electron chi connectivity index (χ2n) is 11.7. The van der Waals surface area contributed by atoms with E-state index in [-0.39, 0.29) is 6.71 Å². The van der Waals surface area contributed by atoms with E-state index in [9.17, 15) is 0 Å². The summed E-state index contributed by atoms with van der Waals surface area (Å²) in [5, 5.41) is 4.59. The van der Waals surface area contributed by atoms with Crippen LogP contribution in [0.2, 0.25) is 0 Å². The minimum atomic E-state index is -0.00173. The molecule has 7 aromatic carbocycles. The molecule has 198 valence electrons. The molecule has 0 aromatic heterocycles. The molecule has 0 amide bonds. The molecule has 0 saturated heterocycles. The molecule has 4 aliphatic rings. The van der Waals surface area contributed by atoms with E-state index < -0.39 is 0 Å². The third kappa shape index (κ3) is 2.60. The summed E-state index contributed by atoms with van der Waals surface area (Å²) >= 11 is 0. The molecular weight excluding hydrogens is 527 g/mol. The summed E-state index contributed by atoms with van der Waals surface area (Å²) in [6.07, 6.45) is 0. The maximum absolute atomic E-state index is 6.80. The van der Waals surface area contributed by atoms with Crippen molar-refractivity contribution >= 4 is 78.8 Å². The molecular formula is C38H21BN2O2. The predicted octanol–water partition coefficient (Wildman–Crippen LogP) is 8.29. The largest absolute Gasteiger partial charge is 0.452 e. The smallest absolute Gasteiger partial charge is 0.252 e. The van der Waals surface area contributed by atoms with Gasteiger partial charge in [-0.25, -0.2) is 0 Å². The molecule has 0 spiro atoms. The van der Waals surface area contributed by atoms with Crippen LogP contribution in [0.25, 0.3) is 21.5 Å². The lowest BCUT2D eigenvalue weighted by Gasteiger charge is -2.47. The van der Waals surface area contributed by atoms with Crippen molar-refractivity contribution in [3.05, 3.63) is 127 Å². The monoisotopic (exact) mass is 548 g/mol. The van der Waals surface area contributed by atoms with E-state index in [2.05, 4.69) is 137 Å². The maximum Gasteiger partial charge on any atom is 0.252 e. The van der Waals surface area contributed by atoms with Gasteiger partial charge in [0.1, 0.15) is 0 Å². The average Bonchev–Trinajstić information content (AvgIpc) is 3.06. The topological polar surface area (TPSA) is 24.9 Å². The molecule has 0 aliphatic carbocycles. The number of benzene rings is 7. The van der Waals surface area contributed by atoms with Gasteiger partial charge >= 0.3 is 0 Å². The van der Waals surface area contributed by atoms with Gasteiger partial charge in [-0.1, -0.05) is 91.0 Å². The number of nitrogens with zero attached hydrogens (tertiary/aromatic N) is 2. The van der Waals surface area contributed by atoms with Crippen LogP contribution in [-0.4, -0.2) is 6.71 Å². The summed E-state index contributed by atoms with van der Waals surface area (Å²) in [7, 11) is 0. The van der Waals surface area contributed by atoms with Gasteiger partial charge in [0.2, 0.25) is 0 Å². The fourth-order valence-electron chi connectivity index (χ4n) is 7.88. The maximum atomic E-state index is 6.80. The van der Waals surface area contributed by atoms with Gasteiger partial charge in [-0.05, 0) is 63.6 Å². The molecule has 4 nitrogen and oxygen atoms in total. The quantitative estimate of drug-likeness (QED) is 0.178. The minimum absolute atomic E-state index is 0.00173. The van der Waals surface area contributed by atoms with E-state index >= 15 is 0 Å². The van der Waals surface area contributed by atoms with Crippen LogP contribution in [0.4, 0.5) is 34.1 Å². The Kier molecular flexibility index (Phi) is 3.88. The Morgan fingerprint density at radius 3 is 1.42 bits per heavy atom. The first kappa shape index (κ1) is 22.0. The van der Waals surface area contributed by atoms with E-state index in [1.165, 1.54) is 38.5 Å². The highest BCUT2D eigenvalue weighted by molar-refractivity contribution is 7.00. The Balaban J connectivity index is 1.34. The van der Waals surface area contributed by atoms with Crippen molar-refractivity contribution in [1.82, 2.24) is 0 Å². The number of hydrogen-bond donors (Lipinski definition) is 0. The fourth-order valence-corrected chi connectivity index (χ4v) is 7.88. The Hall–Kier alpha value is -5.68. The number of fused-ring (bicyclic) bond motifs is 12. The van der Waals surface area contributed by atoms with Crippen molar-refractivity contribution in [2.24, 2.45) is 0 Å². The Labute approximate surface area is 248 Å². The van der Waals surface area contributed by atoms with Gasteiger partial charge in [0.05, 0.1) is 22.7 Å². The Morgan fingerprint density at radius 1 is 0.442 bits per heavy atom. The molecule has 43 heavy (non-hydrogen) atoms. The highest BCUT2D eigenvalue weighted by Crippen LogP contribution is 2.57. The number of para-hydroxylation sites is 4. The summed E-state index contributed by atoms with van der Waals surface area (Å²) in [5.41, 5.74) is 10.5. The lowest BCUT2D eigenvalue weighted by Crippen LogP contribution is -2.61. The highest BCUT2D eigenvalue weighted by atomic mass is 16.5. The molecule has 0 bridgehead atoms. The summed E-state index contributed by atoms with van der Waals surface area (Å²) in [6.45, 7) is -0.00173. The standard InChI is InChI=1S/C38H21BN2O2/c1-3-12-24-22(10-1)20-26-35-37(24)42-32-18-7-5-14-28(32)40(35)30-16-9-17-31-34(30)39(26)27-21-23-11-2-4-13-25(23)38-36(27)41(31)29-15-6-8-19-33(29)43-38/h1-21H. The van der Waals surface area contributed by atoms with Crippen molar-refractivity contribution in [3.63, 3.8) is 0 Å². The van der Waals surface area contributed by atoms with Gasteiger partial charge in [-0.3, -0.25) is 0 Å². The van der Waals surface area contributed by atoms with Crippen LogP contribution in [0.3, 0.4) is 0 Å². The minimum Gasteiger partial charge on any atom is -0.452 e. The molecule has 11 rings (SSSR count). The molecule has 0 atom stereocenters. The molecule has 4 heterocycles. The summed E-state index contributed by atoms with van der Waals surface area (Å²) in [4.78, 5) is 4.87. The molecule has 0 radical (unpaired) electrons. The van der Waals surface area contributed by atoms with Crippen molar-refractivity contribution in [3.8, 4) is 23.0 Å². The van der Waals surface area contributed by atoms with Crippen LogP contribution in [0, 0.1) is 0 Å². The van der Waals surface area contributed by atoms with Crippen molar-refractivity contribution < 1.29 is 9.47 Å². The first-order valence-corrected chi connectivity index (χ1v) is 14.7. The van der Waals surface area contributed by atoms with Gasteiger partial charge in [0.25, 0.3) is 6.71 Å². The zero-order valence-corrected chi connectivity index (χ0v) is 22.9. The first-order chi connectivity index (χ1) is 21.3. The fraction of sp³-hybridized carbons (Fsp3) is 0. The van der Waals surface area contributed by atoms with E-state index in [0.717, 1.165) is 56.5 Å².